The van der Waals surface area contributed by atoms with Gasteiger partial charge >= 0.3 is 0 Å². The van der Waals surface area contributed by atoms with Crippen LogP contribution in [-0.4, -0.2) is 67.1 Å². The molecular formula is C35H56N6. The summed E-state index contributed by atoms with van der Waals surface area (Å²) in [5, 5.41) is 9.60. The molecule has 2 aromatic rings. The summed E-state index contributed by atoms with van der Waals surface area (Å²) in [4.78, 5) is 13.2. The van der Waals surface area contributed by atoms with Crippen molar-refractivity contribution < 1.29 is 0 Å². The van der Waals surface area contributed by atoms with Gasteiger partial charge in [-0.05, 0) is 119 Å². The topological polar surface area (TPSA) is 84.5 Å². The number of likely N-dealkylation sites (N-methyl/N-ethyl adjacent to an activating group) is 1. The number of piperidine rings is 1. The maximum Gasteiger partial charge on any atom is 0.118 e. The van der Waals surface area contributed by atoms with E-state index in [1.807, 2.05) is 20.0 Å². The summed E-state index contributed by atoms with van der Waals surface area (Å²) in [6.07, 6.45) is 10.5. The molecule has 0 radical (unpaired) electrons. The molecule has 226 valence electrons. The number of aliphatic imine (C=N–C) groups is 1. The molecule has 0 spiro atoms. The lowest BCUT2D eigenvalue weighted by Gasteiger charge is -2.33. The van der Waals surface area contributed by atoms with Crippen LogP contribution in [0.15, 0.2) is 52.7 Å². The Labute approximate surface area is 250 Å². The van der Waals surface area contributed by atoms with Gasteiger partial charge in [0.25, 0.3) is 0 Å². The van der Waals surface area contributed by atoms with Gasteiger partial charge in [0.2, 0.25) is 0 Å². The van der Waals surface area contributed by atoms with Gasteiger partial charge in [-0.15, -0.1) is 0 Å². The number of rotatable bonds is 10. The summed E-state index contributed by atoms with van der Waals surface area (Å²) in [5.74, 6) is 2.11. The van der Waals surface area contributed by atoms with Crippen LogP contribution in [0, 0.1) is 5.41 Å². The maximum absolute atomic E-state index is 8.26. The van der Waals surface area contributed by atoms with E-state index in [-0.39, 0.29) is 0 Å². The smallest absolute Gasteiger partial charge is 0.118 e. The Kier molecular flexibility index (Phi) is 13.8. The predicted molar refractivity (Wildman–Crippen MR) is 182 cm³/mol. The summed E-state index contributed by atoms with van der Waals surface area (Å²) in [5.41, 5.74) is 13.9. The van der Waals surface area contributed by atoms with Crippen LogP contribution in [0.25, 0.3) is 16.5 Å². The summed E-state index contributed by atoms with van der Waals surface area (Å²) >= 11 is 0. The fraction of sp³-hybridized carbons (Fsp3) is 0.543. The number of likely N-dealkylation sites (tertiary alicyclic amines) is 1. The number of nitrogens with two attached hydrogens (primary N) is 1. The third-order valence-corrected chi connectivity index (χ3v) is 8.17. The quantitative estimate of drug-likeness (QED) is 0.156. The van der Waals surface area contributed by atoms with Crippen LogP contribution in [-0.2, 0) is 0 Å². The Hall–Kier alpha value is -2.96. The molecule has 0 saturated carbocycles. The first kappa shape index (κ1) is 34.2. The summed E-state index contributed by atoms with van der Waals surface area (Å²) in [7, 11) is 5.69. The molecule has 0 bridgehead atoms. The van der Waals surface area contributed by atoms with Gasteiger partial charge in [-0.2, -0.15) is 0 Å². The number of nitrogens with zero attached hydrogens (tertiary/aromatic N) is 3. The number of aromatic amines is 1. The van der Waals surface area contributed by atoms with Crippen molar-refractivity contribution in [2.24, 2.45) is 10.7 Å². The normalized spacial score (nSPS) is 16.3. The molecule has 0 amide bonds. The Morgan fingerprint density at radius 3 is 2.34 bits per heavy atom. The number of benzene rings is 1. The molecule has 1 aromatic heterocycles. The molecule has 1 aliphatic rings. The van der Waals surface area contributed by atoms with Gasteiger partial charge in [-0.25, -0.2) is 4.99 Å². The van der Waals surface area contributed by atoms with E-state index in [4.69, 9.17) is 10.4 Å². The molecule has 4 N–H and O–H groups in total. The number of fused-ring (bicyclic) bond motifs is 1. The maximum atomic E-state index is 8.26. The van der Waals surface area contributed by atoms with Crippen LogP contribution in [0.3, 0.4) is 0 Å². The molecule has 1 saturated heterocycles. The van der Waals surface area contributed by atoms with Crippen LogP contribution < -0.4 is 5.73 Å². The van der Waals surface area contributed by atoms with Crippen LogP contribution in [0.4, 0.5) is 0 Å². The second-order valence-corrected chi connectivity index (χ2v) is 11.6. The first-order valence-corrected chi connectivity index (χ1v) is 15.4. The van der Waals surface area contributed by atoms with E-state index in [1.165, 1.54) is 58.8 Å². The van der Waals surface area contributed by atoms with E-state index in [9.17, 15) is 0 Å². The number of nitrogens with one attached hydrogen (secondary N) is 2. The Balaban J connectivity index is 0.00000287. The van der Waals surface area contributed by atoms with E-state index in [2.05, 4.69) is 99.6 Å². The van der Waals surface area contributed by atoms with Crippen molar-refractivity contribution in [1.29, 1.82) is 5.41 Å². The highest BCUT2D eigenvalue weighted by atomic mass is 15.2. The number of hydrogen-bond donors (Lipinski definition) is 3. The lowest BCUT2D eigenvalue weighted by Crippen LogP contribution is -2.40. The van der Waals surface area contributed by atoms with E-state index >= 15 is 0 Å². The molecule has 1 aromatic carbocycles. The van der Waals surface area contributed by atoms with Crippen molar-refractivity contribution in [2.75, 3.05) is 40.8 Å². The van der Waals surface area contributed by atoms with E-state index < -0.39 is 0 Å². The third kappa shape index (κ3) is 9.01. The fourth-order valence-corrected chi connectivity index (χ4v) is 5.41. The minimum Gasteiger partial charge on any atom is -0.365 e. The zero-order valence-corrected chi connectivity index (χ0v) is 27.5. The molecule has 1 fully saturated rings. The first-order chi connectivity index (χ1) is 19.6. The van der Waals surface area contributed by atoms with Crippen LogP contribution in [0.1, 0.15) is 103 Å². The number of aromatic nitrogens is 1. The molecule has 2 heterocycles. The van der Waals surface area contributed by atoms with Crippen molar-refractivity contribution in [3.63, 3.8) is 0 Å². The average Bonchev–Trinajstić information content (AvgIpc) is 3.37. The molecule has 6 nitrogen and oxygen atoms in total. The van der Waals surface area contributed by atoms with Gasteiger partial charge in [-0.1, -0.05) is 45.4 Å². The fourth-order valence-electron chi connectivity index (χ4n) is 5.41. The molecular weight excluding hydrogens is 504 g/mol. The highest BCUT2D eigenvalue weighted by Crippen LogP contribution is 2.37. The van der Waals surface area contributed by atoms with Gasteiger partial charge in [0, 0.05) is 42.6 Å². The summed E-state index contributed by atoms with van der Waals surface area (Å²) in [6.45, 7) is 18.2. The van der Waals surface area contributed by atoms with Gasteiger partial charge in [0.1, 0.15) is 5.84 Å². The lowest BCUT2D eigenvalue weighted by atomic mass is 9.87. The highest BCUT2D eigenvalue weighted by Gasteiger charge is 2.24. The van der Waals surface area contributed by atoms with Crippen molar-refractivity contribution in [3.05, 3.63) is 64.5 Å². The molecule has 0 unspecified atom stereocenters. The van der Waals surface area contributed by atoms with Crippen molar-refractivity contribution in [2.45, 2.75) is 86.0 Å². The third-order valence-electron chi connectivity index (χ3n) is 8.17. The van der Waals surface area contributed by atoms with Crippen LogP contribution >= 0.6 is 0 Å². The lowest BCUT2D eigenvalue weighted by molar-refractivity contribution is 0.234. The minimum atomic E-state index is 0.397. The van der Waals surface area contributed by atoms with Gasteiger partial charge in [0.15, 0.2) is 0 Å². The largest absolute Gasteiger partial charge is 0.365 e. The Bertz CT molecular complexity index is 1260. The van der Waals surface area contributed by atoms with E-state index in [0.717, 1.165) is 43.9 Å². The molecule has 0 aliphatic carbocycles. The zero-order valence-electron chi connectivity index (χ0n) is 27.5. The highest BCUT2D eigenvalue weighted by molar-refractivity contribution is 6.00. The SMILES string of the molecule is C/C=C(\C=C(\C)C(=N)CC)c1[nH]c2ccc(C3CCN(CC(=NC=C(C)CC)N(C)C)CC3)cc2c1C(C)C.CN. The number of H-pyrrole nitrogens is 1. The molecule has 41 heavy (non-hydrogen) atoms. The molecule has 1 aliphatic heterocycles. The van der Waals surface area contributed by atoms with Crippen LogP contribution in [0.5, 0.6) is 0 Å². The number of allylic oxidation sites excluding steroid dienone is 5. The number of hydrogen-bond acceptors (Lipinski definition) is 4. The summed E-state index contributed by atoms with van der Waals surface area (Å²) < 4.78 is 0. The second kappa shape index (κ2) is 16.5. The molecule has 0 atom stereocenters. The Morgan fingerprint density at radius 2 is 1.80 bits per heavy atom. The monoisotopic (exact) mass is 560 g/mol. The molecule has 6 heteroatoms. The minimum absolute atomic E-state index is 0.397. The first-order valence-electron chi connectivity index (χ1n) is 15.4. The van der Waals surface area contributed by atoms with Crippen molar-refractivity contribution in [3.8, 4) is 0 Å². The van der Waals surface area contributed by atoms with Crippen LogP contribution in [0.2, 0.25) is 0 Å². The van der Waals surface area contributed by atoms with E-state index in [0.29, 0.717) is 17.5 Å². The van der Waals surface area contributed by atoms with Gasteiger partial charge in [0.05, 0.1) is 6.54 Å². The number of amidine groups is 1. The van der Waals surface area contributed by atoms with Crippen molar-refractivity contribution in [1.82, 2.24) is 14.8 Å². The molecule has 3 rings (SSSR count). The summed E-state index contributed by atoms with van der Waals surface area (Å²) in [6, 6.07) is 7.07. The average molecular weight is 561 g/mol. The van der Waals surface area contributed by atoms with Gasteiger partial charge < -0.3 is 21.0 Å². The Morgan fingerprint density at radius 1 is 1.15 bits per heavy atom. The second-order valence-electron chi connectivity index (χ2n) is 11.6. The standard InChI is InChI=1S/C34H51N5.CH5N/c1-10-24(6)21-36-32(38(8)9)22-39-17-15-27(16-18-39)28-13-14-31-29(20-28)33(23(4)5)34(37-31)26(11-2)19-25(7)30(35)12-3;1-2/h11,13-14,19-21,23,27,35,37H,10,12,15-18,22H2,1-9H3;2H2,1H3/b24-21?,25-19-,26-11+,35-30?,36-32?;. The predicted octanol–water partition coefficient (Wildman–Crippen LogP) is 8.10. The van der Waals surface area contributed by atoms with Crippen molar-refractivity contribution >= 4 is 28.0 Å². The van der Waals surface area contributed by atoms with Gasteiger partial charge in [-0.3, -0.25) is 4.90 Å². The van der Waals surface area contributed by atoms with E-state index in [1.54, 1.807) is 0 Å². The zero-order chi connectivity index (χ0) is 30.7.